The van der Waals surface area contributed by atoms with Gasteiger partial charge in [0.25, 0.3) is 0 Å². The number of benzene rings is 1. The first kappa shape index (κ1) is 9.80. The molecule has 0 aromatic heterocycles. The summed E-state index contributed by atoms with van der Waals surface area (Å²) in [5.41, 5.74) is -0.00164. The quantitative estimate of drug-likeness (QED) is 0.601. The smallest absolute Gasteiger partial charge is 0.149 e. The Morgan fingerprint density at radius 1 is 1.54 bits per heavy atom. The predicted molar refractivity (Wildman–Crippen MR) is 49.8 cm³/mol. The zero-order valence-electron chi connectivity index (χ0n) is 6.74. The van der Waals surface area contributed by atoms with Crippen molar-refractivity contribution in [3.05, 3.63) is 23.1 Å². The zero-order valence-corrected chi connectivity index (χ0v) is 7.49. The van der Waals surface area contributed by atoms with E-state index in [1.165, 1.54) is 12.1 Å². The molecule has 0 heterocycles. The number of aromatic hydroxyl groups is 1. The normalized spacial score (nSPS) is 9.62. The van der Waals surface area contributed by atoms with Crippen LogP contribution in [0.3, 0.4) is 0 Å². The van der Waals surface area contributed by atoms with Crippen LogP contribution < -0.4 is 4.74 Å². The minimum Gasteiger partial charge on any atom is -0.505 e. The van der Waals surface area contributed by atoms with Gasteiger partial charge in [0.1, 0.15) is 23.8 Å². The molecule has 0 radical (unpaired) electrons. The van der Waals surface area contributed by atoms with Gasteiger partial charge in [-0.3, -0.25) is 0 Å². The van der Waals surface area contributed by atoms with Crippen LogP contribution in [0.1, 0.15) is 0 Å². The van der Waals surface area contributed by atoms with E-state index in [-0.39, 0.29) is 11.4 Å². The van der Waals surface area contributed by atoms with Crippen molar-refractivity contribution in [2.24, 2.45) is 5.18 Å². The van der Waals surface area contributed by atoms with Gasteiger partial charge in [-0.1, -0.05) is 0 Å². The van der Waals surface area contributed by atoms with E-state index in [2.05, 4.69) is 5.18 Å². The lowest BCUT2D eigenvalue weighted by Crippen LogP contribution is -1.97. The van der Waals surface area contributed by atoms with Crippen molar-refractivity contribution < 1.29 is 9.84 Å². The molecule has 0 saturated heterocycles. The Balaban J connectivity index is 2.77. The monoisotopic (exact) mass is 201 g/mol. The number of hydrogen-bond acceptors (Lipinski definition) is 4. The van der Waals surface area contributed by atoms with E-state index in [1.807, 2.05) is 0 Å². The van der Waals surface area contributed by atoms with Crippen LogP contribution in [0.5, 0.6) is 11.5 Å². The van der Waals surface area contributed by atoms with Gasteiger partial charge in [-0.2, -0.15) is 0 Å². The lowest BCUT2D eigenvalue weighted by molar-refractivity contribution is 0.340. The molecule has 1 aromatic carbocycles. The molecule has 0 aliphatic carbocycles. The number of ether oxygens (including phenoxy) is 1. The standard InChI is InChI=1S/C8H8ClNO3/c9-3-4-13-6-1-2-7(10-12)8(11)5-6/h1-2,5,11H,3-4H2. The van der Waals surface area contributed by atoms with Crippen LogP contribution in [0.2, 0.25) is 0 Å². The van der Waals surface area contributed by atoms with Crippen molar-refractivity contribution in [2.45, 2.75) is 0 Å². The number of alkyl halides is 1. The minimum absolute atomic E-state index is 0.00164. The minimum atomic E-state index is -0.193. The highest BCUT2D eigenvalue weighted by Gasteiger charge is 2.02. The highest BCUT2D eigenvalue weighted by molar-refractivity contribution is 6.18. The fraction of sp³-hybridized carbons (Fsp3) is 0.250. The lowest BCUT2D eigenvalue weighted by Gasteiger charge is -2.04. The van der Waals surface area contributed by atoms with E-state index in [1.54, 1.807) is 6.07 Å². The van der Waals surface area contributed by atoms with Crippen LogP contribution in [0.15, 0.2) is 23.4 Å². The Kier molecular flexibility index (Phi) is 3.52. The molecular formula is C8H8ClNO3. The van der Waals surface area contributed by atoms with E-state index in [4.69, 9.17) is 16.3 Å². The van der Waals surface area contributed by atoms with Gasteiger partial charge < -0.3 is 9.84 Å². The van der Waals surface area contributed by atoms with Crippen molar-refractivity contribution in [1.29, 1.82) is 0 Å². The van der Waals surface area contributed by atoms with E-state index in [9.17, 15) is 10.0 Å². The van der Waals surface area contributed by atoms with Crippen LogP contribution in [0.25, 0.3) is 0 Å². The van der Waals surface area contributed by atoms with Gasteiger partial charge in [-0.05, 0) is 17.3 Å². The number of hydrogen-bond donors (Lipinski definition) is 1. The Morgan fingerprint density at radius 3 is 2.85 bits per heavy atom. The molecule has 0 fully saturated rings. The summed E-state index contributed by atoms with van der Waals surface area (Å²) < 4.78 is 5.10. The summed E-state index contributed by atoms with van der Waals surface area (Å²) in [5.74, 6) is 0.640. The lowest BCUT2D eigenvalue weighted by atomic mass is 10.3. The summed E-state index contributed by atoms with van der Waals surface area (Å²) in [4.78, 5) is 10.1. The highest BCUT2D eigenvalue weighted by atomic mass is 35.5. The van der Waals surface area contributed by atoms with E-state index in [0.717, 1.165) is 0 Å². The fourth-order valence-electron chi connectivity index (χ4n) is 0.827. The maximum Gasteiger partial charge on any atom is 0.149 e. The summed E-state index contributed by atoms with van der Waals surface area (Å²) in [7, 11) is 0. The molecule has 0 bridgehead atoms. The number of phenols is 1. The Bertz CT molecular complexity index is 303. The van der Waals surface area contributed by atoms with Gasteiger partial charge in [0, 0.05) is 6.07 Å². The maximum atomic E-state index is 10.1. The molecule has 5 heteroatoms. The summed E-state index contributed by atoms with van der Waals surface area (Å²) in [6.07, 6.45) is 0. The van der Waals surface area contributed by atoms with Gasteiger partial charge in [-0.15, -0.1) is 16.5 Å². The number of nitroso groups, excluding NO2 is 1. The maximum absolute atomic E-state index is 10.1. The van der Waals surface area contributed by atoms with Gasteiger partial charge in [0.15, 0.2) is 0 Å². The summed E-state index contributed by atoms with van der Waals surface area (Å²) in [6, 6.07) is 4.25. The van der Waals surface area contributed by atoms with Gasteiger partial charge in [-0.25, -0.2) is 0 Å². The molecule has 0 atom stereocenters. The Labute approximate surface area is 80.1 Å². The average Bonchev–Trinajstić information content (AvgIpc) is 2.15. The third-order valence-electron chi connectivity index (χ3n) is 1.39. The van der Waals surface area contributed by atoms with Crippen molar-refractivity contribution >= 4 is 17.3 Å². The summed E-state index contributed by atoms with van der Waals surface area (Å²) >= 11 is 5.39. The second-order valence-electron chi connectivity index (χ2n) is 2.28. The molecule has 70 valence electrons. The molecule has 13 heavy (non-hydrogen) atoms. The van der Waals surface area contributed by atoms with Gasteiger partial charge >= 0.3 is 0 Å². The molecule has 1 N–H and O–H groups in total. The number of phenolic OH excluding ortho intramolecular Hbond substituents is 1. The Hall–Kier alpha value is -1.29. The molecule has 0 unspecified atom stereocenters. The second-order valence-corrected chi connectivity index (χ2v) is 2.66. The molecular weight excluding hydrogens is 194 g/mol. The highest BCUT2D eigenvalue weighted by Crippen LogP contribution is 2.29. The topological polar surface area (TPSA) is 58.9 Å². The molecule has 0 aliphatic heterocycles. The van der Waals surface area contributed by atoms with Crippen molar-refractivity contribution in [3.63, 3.8) is 0 Å². The first-order chi connectivity index (χ1) is 6.27. The summed E-state index contributed by atoms with van der Waals surface area (Å²) in [6.45, 7) is 0.356. The number of halogens is 1. The van der Waals surface area contributed by atoms with E-state index < -0.39 is 0 Å². The molecule has 0 aliphatic rings. The molecule has 4 nitrogen and oxygen atoms in total. The van der Waals surface area contributed by atoms with Crippen LogP contribution in [0.4, 0.5) is 5.69 Å². The van der Waals surface area contributed by atoms with E-state index >= 15 is 0 Å². The van der Waals surface area contributed by atoms with Gasteiger partial charge in [0.05, 0.1) is 5.88 Å². The van der Waals surface area contributed by atoms with Gasteiger partial charge in [0.2, 0.25) is 0 Å². The molecule has 0 spiro atoms. The number of rotatable bonds is 4. The first-order valence-corrected chi connectivity index (χ1v) is 4.16. The van der Waals surface area contributed by atoms with E-state index in [0.29, 0.717) is 18.2 Å². The molecule has 1 aromatic rings. The Morgan fingerprint density at radius 2 is 2.31 bits per heavy atom. The third kappa shape index (κ3) is 2.59. The van der Waals surface area contributed by atoms with Crippen molar-refractivity contribution in [2.75, 3.05) is 12.5 Å². The predicted octanol–water partition coefficient (Wildman–Crippen LogP) is 2.41. The SMILES string of the molecule is O=Nc1ccc(OCCCl)cc1O. The van der Waals surface area contributed by atoms with Crippen molar-refractivity contribution in [1.82, 2.24) is 0 Å². The molecule has 1 rings (SSSR count). The second kappa shape index (κ2) is 4.67. The number of nitrogens with zero attached hydrogens (tertiary/aromatic N) is 1. The van der Waals surface area contributed by atoms with Crippen LogP contribution >= 0.6 is 11.6 Å². The zero-order chi connectivity index (χ0) is 9.68. The molecule has 0 amide bonds. The third-order valence-corrected chi connectivity index (χ3v) is 1.55. The first-order valence-electron chi connectivity index (χ1n) is 3.63. The average molecular weight is 202 g/mol. The van der Waals surface area contributed by atoms with Crippen molar-refractivity contribution in [3.8, 4) is 11.5 Å². The molecule has 0 saturated carbocycles. The summed E-state index contributed by atoms with van der Waals surface area (Å²) in [5, 5.41) is 11.8. The largest absolute Gasteiger partial charge is 0.505 e. The fourth-order valence-corrected chi connectivity index (χ4v) is 0.904. The van der Waals surface area contributed by atoms with Crippen LogP contribution in [-0.4, -0.2) is 17.6 Å². The van der Waals surface area contributed by atoms with Crippen LogP contribution in [0, 0.1) is 4.91 Å². The van der Waals surface area contributed by atoms with Crippen LogP contribution in [-0.2, 0) is 0 Å².